The molecule has 43 heavy (non-hydrogen) atoms. The molecule has 0 bridgehead atoms. The van der Waals surface area contributed by atoms with Crippen LogP contribution in [0, 0.1) is 0 Å². The van der Waals surface area contributed by atoms with Gasteiger partial charge in [-0.1, -0.05) is 12.1 Å². The van der Waals surface area contributed by atoms with Crippen molar-refractivity contribution in [3.63, 3.8) is 0 Å². The van der Waals surface area contributed by atoms with Gasteiger partial charge in [0, 0.05) is 57.4 Å². The number of piperidine rings is 2. The largest absolute Gasteiger partial charge is 0.444 e. The molecule has 2 N–H and O–H groups in total. The number of alkyl carbamates (subject to hydrolysis) is 1. The maximum Gasteiger partial charge on any atom is 0.407 e. The van der Waals surface area contributed by atoms with Gasteiger partial charge in [0.1, 0.15) is 18.4 Å². The normalized spacial score (nSPS) is 22.5. The number of benzene rings is 1. The number of ether oxygens (including phenoxy) is 2. The van der Waals surface area contributed by atoms with E-state index in [1.165, 1.54) is 4.90 Å². The van der Waals surface area contributed by atoms with E-state index in [-0.39, 0.29) is 49.9 Å². The van der Waals surface area contributed by atoms with Crippen LogP contribution < -0.4 is 15.5 Å². The van der Waals surface area contributed by atoms with Gasteiger partial charge in [0.2, 0.25) is 17.7 Å². The van der Waals surface area contributed by atoms with Crippen LogP contribution in [-0.4, -0.2) is 115 Å². The third-order valence-corrected chi connectivity index (χ3v) is 8.32. The molecule has 4 heterocycles. The number of likely N-dealkylation sites (tertiary alicyclic amines) is 1. The van der Waals surface area contributed by atoms with Crippen LogP contribution in [0.2, 0.25) is 0 Å². The van der Waals surface area contributed by atoms with Crippen molar-refractivity contribution in [2.24, 2.45) is 0 Å². The Labute approximate surface area is 251 Å². The number of hydrogen-bond donors (Lipinski definition) is 2. The van der Waals surface area contributed by atoms with Crippen molar-refractivity contribution in [2.75, 3.05) is 57.4 Å². The molecule has 13 nitrogen and oxygen atoms in total. The highest BCUT2D eigenvalue weighted by atomic mass is 16.6. The molecule has 1 aromatic carbocycles. The van der Waals surface area contributed by atoms with E-state index >= 15 is 0 Å². The summed E-state index contributed by atoms with van der Waals surface area (Å²) in [6, 6.07) is 4.92. The zero-order chi connectivity index (χ0) is 30.7. The lowest BCUT2D eigenvalue weighted by molar-refractivity contribution is -0.138. The van der Waals surface area contributed by atoms with Crippen molar-refractivity contribution in [1.82, 2.24) is 25.3 Å². The van der Waals surface area contributed by atoms with E-state index in [0.29, 0.717) is 64.2 Å². The fourth-order valence-electron chi connectivity index (χ4n) is 6.07. The first kappa shape index (κ1) is 30.7. The molecule has 4 aliphatic heterocycles. The van der Waals surface area contributed by atoms with Gasteiger partial charge in [-0.15, -0.1) is 0 Å². The summed E-state index contributed by atoms with van der Waals surface area (Å²) in [6.07, 6.45) is 1.39. The Hall–Kier alpha value is -3.71. The minimum absolute atomic E-state index is 0.0116. The van der Waals surface area contributed by atoms with Crippen LogP contribution in [0.15, 0.2) is 18.2 Å². The van der Waals surface area contributed by atoms with Crippen molar-refractivity contribution in [1.29, 1.82) is 0 Å². The number of amides is 5. The lowest BCUT2D eigenvalue weighted by atomic mass is 10.00. The van der Waals surface area contributed by atoms with Crippen molar-refractivity contribution < 1.29 is 33.4 Å². The maximum absolute atomic E-state index is 13.8. The molecule has 5 amide bonds. The molecule has 1 atom stereocenters. The highest BCUT2D eigenvalue weighted by Crippen LogP contribution is 2.31. The van der Waals surface area contributed by atoms with E-state index in [0.717, 1.165) is 11.3 Å². The molecule has 1 unspecified atom stereocenters. The van der Waals surface area contributed by atoms with Crippen LogP contribution in [0.25, 0.3) is 0 Å². The van der Waals surface area contributed by atoms with E-state index in [1.54, 1.807) is 0 Å². The molecule has 1 aromatic rings. The van der Waals surface area contributed by atoms with Crippen molar-refractivity contribution >= 4 is 35.4 Å². The lowest BCUT2D eigenvalue weighted by Gasteiger charge is -2.39. The second kappa shape index (κ2) is 12.9. The molecule has 3 saturated heterocycles. The number of piperazine rings is 1. The Balaban J connectivity index is 1.15. The average molecular weight is 599 g/mol. The summed E-state index contributed by atoms with van der Waals surface area (Å²) in [4.78, 5) is 70.8. The molecular weight excluding hydrogens is 556 g/mol. The van der Waals surface area contributed by atoms with Crippen LogP contribution in [0.5, 0.6) is 0 Å². The molecule has 0 aliphatic carbocycles. The molecule has 234 valence electrons. The highest BCUT2D eigenvalue weighted by molar-refractivity contribution is 6.06. The third-order valence-electron chi connectivity index (χ3n) is 8.32. The van der Waals surface area contributed by atoms with Crippen LogP contribution in [0.3, 0.4) is 0 Å². The quantitative estimate of drug-likeness (QED) is 0.476. The topological polar surface area (TPSA) is 141 Å². The Morgan fingerprint density at radius 3 is 2.42 bits per heavy atom. The molecule has 0 saturated carbocycles. The molecule has 3 fully saturated rings. The number of imide groups is 1. The molecule has 0 spiro atoms. The number of carbonyl (C=O) groups is 5. The molecule has 0 radical (unpaired) electrons. The van der Waals surface area contributed by atoms with Crippen molar-refractivity contribution in [3.05, 3.63) is 29.3 Å². The van der Waals surface area contributed by atoms with E-state index in [4.69, 9.17) is 9.47 Å². The van der Waals surface area contributed by atoms with Gasteiger partial charge in [0.25, 0.3) is 5.91 Å². The summed E-state index contributed by atoms with van der Waals surface area (Å²) in [5, 5.41) is 5.24. The Morgan fingerprint density at radius 1 is 1.02 bits per heavy atom. The first-order valence-electron chi connectivity index (χ1n) is 15.1. The zero-order valence-electron chi connectivity index (χ0n) is 25.2. The summed E-state index contributed by atoms with van der Waals surface area (Å²) in [5.41, 5.74) is 1.52. The Kier molecular flexibility index (Phi) is 9.21. The second-order valence-corrected chi connectivity index (χ2v) is 12.6. The van der Waals surface area contributed by atoms with Gasteiger partial charge >= 0.3 is 6.09 Å². The SMILES string of the molecule is CC(C)(C)OC(=O)NC1CCN(C(=O)CN2CCN(c3cccc4c3C(=O)N(C3CCC(=O)NC3=O)COC4)CC2)CC1. The van der Waals surface area contributed by atoms with Crippen LogP contribution >= 0.6 is 0 Å². The van der Waals surface area contributed by atoms with E-state index in [9.17, 15) is 24.0 Å². The summed E-state index contributed by atoms with van der Waals surface area (Å²) < 4.78 is 11.1. The lowest BCUT2D eigenvalue weighted by Crippen LogP contribution is -2.55. The number of carbonyl (C=O) groups excluding carboxylic acids is 5. The summed E-state index contributed by atoms with van der Waals surface area (Å²) in [5.74, 6) is -1.01. The maximum atomic E-state index is 13.8. The van der Waals surface area contributed by atoms with E-state index in [2.05, 4.69) is 20.4 Å². The van der Waals surface area contributed by atoms with Crippen molar-refractivity contribution in [2.45, 2.75) is 70.7 Å². The molecule has 0 aromatic heterocycles. The van der Waals surface area contributed by atoms with E-state index < -0.39 is 23.6 Å². The van der Waals surface area contributed by atoms with Gasteiger partial charge in [0.05, 0.1) is 18.7 Å². The van der Waals surface area contributed by atoms with Gasteiger partial charge < -0.3 is 29.5 Å². The minimum Gasteiger partial charge on any atom is -0.444 e. The highest BCUT2D eigenvalue weighted by Gasteiger charge is 2.38. The number of nitrogens with zero attached hydrogens (tertiary/aromatic N) is 4. The summed E-state index contributed by atoms with van der Waals surface area (Å²) >= 11 is 0. The minimum atomic E-state index is -0.759. The first-order valence-corrected chi connectivity index (χ1v) is 15.1. The fraction of sp³-hybridized carbons (Fsp3) is 0.633. The smallest absolute Gasteiger partial charge is 0.407 e. The van der Waals surface area contributed by atoms with Gasteiger partial charge in [-0.2, -0.15) is 0 Å². The summed E-state index contributed by atoms with van der Waals surface area (Å²) in [6.45, 7) is 9.80. The summed E-state index contributed by atoms with van der Waals surface area (Å²) in [7, 11) is 0. The number of anilines is 1. The van der Waals surface area contributed by atoms with Gasteiger partial charge in [-0.05, 0) is 51.7 Å². The standard InChI is InChI=1S/C30H42N6O7/c1-30(2,3)43-29(41)31-21-9-11-35(12-10-21)25(38)17-33-13-15-34(16-14-33)22-6-4-5-20-18-42-19-36(28(40)26(20)22)23-7-8-24(37)32-27(23)39/h4-6,21,23H,7-19H2,1-3H3,(H,31,41)(H,32,37,39). The zero-order valence-corrected chi connectivity index (χ0v) is 25.2. The van der Waals surface area contributed by atoms with Crippen LogP contribution in [0.1, 0.15) is 62.4 Å². The van der Waals surface area contributed by atoms with Gasteiger partial charge in [0.15, 0.2) is 0 Å². The molecule has 5 rings (SSSR count). The number of fused-ring (bicyclic) bond motifs is 1. The van der Waals surface area contributed by atoms with Crippen molar-refractivity contribution in [3.8, 4) is 0 Å². The second-order valence-electron chi connectivity index (χ2n) is 12.6. The fourth-order valence-corrected chi connectivity index (χ4v) is 6.07. The Morgan fingerprint density at radius 2 is 1.74 bits per heavy atom. The van der Waals surface area contributed by atoms with Gasteiger partial charge in [-0.25, -0.2) is 4.79 Å². The first-order chi connectivity index (χ1) is 20.5. The average Bonchev–Trinajstić information content (AvgIpc) is 3.11. The molecule has 13 heteroatoms. The number of hydrogen-bond acceptors (Lipinski definition) is 9. The molecular formula is C30H42N6O7. The van der Waals surface area contributed by atoms with Crippen LogP contribution in [0.4, 0.5) is 10.5 Å². The van der Waals surface area contributed by atoms with Crippen LogP contribution in [-0.2, 0) is 30.5 Å². The van der Waals surface area contributed by atoms with Gasteiger partial charge in [-0.3, -0.25) is 29.4 Å². The Bertz CT molecular complexity index is 1250. The number of rotatable bonds is 5. The number of nitrogens with one attached hydrogen (secondary N) is 2. The monoisotopic (exact) mass is 598 g/mol. The predicted octanol–water partition coefficient (Wildman–Crippen LogP) is 1.06. The molecule has 4 aliphatic rings. The van der Waals surface area contributed by atoms with E-state index in [1.807, 2.05) is 43.9 Å². The third kappa shape index (κ3) is 7.45. The predicted molar refractivity (Wildman–Crippen MR) is 156 cm³/mol.